The average Bonchev–Trinajstić information content (AvgIpc) is 2.59. The predicted octanol–water partition coefficient (Wildman–Crippen LogP) is 0.443. The van der Waals surface area contributed by atoms with Crippen molar-refractivity contribution in [1.82, 2.24) is 4.72 Å². The third kappa shape index (κ3) is 2.05. The van der Waals surface area contributed by atoms with Gasteiger partial charge < -0.3 is 5.73 Å². The zero-order valence-electron chi connectivity index (χ0n) is 9.20. The molecular formula is C10H20N2O2S. The third-order valence-electron chi connectivity index (χ3n) is 3.96. The minimum absolute atomic E-state index is 0.0877. The number of fused-ring (bicyclic) bond motifs is 2. The van der Waals surface area contributed by atoms with Crippen LogP contribution in [0.2, 0.25) is 0 Å². The van der Waals surface area contributed by atoms with Gasteiger partial charge in [-0.15, -0.1) is 0 Å². The van der Waals surface area contributed by atoms with Gasteiger partial charge in [-0.3, -0.25) is 0 Å². The Bertz CT molecular complexity index is 341. The zero-order chi connectivity index (χ0) is 11.1. The Labute approximate surface area is 91.7 Å². The first kappa shape index (κ1) is 11.4. The molecule has 0 saturated heterocycles. The molecule has 3 unspecified atom stereocenters. The molecular weight excluding hydrogens is 212 g/mol. The van der Waals surface area contributed by atoms with Crippen molar-refractivity contribution in [3.8, 4) is 0 Å². The molecule has 0 aliphatic heterocycles. The fourth-order valence-electron chi connectivity index (χ4n) is 3.31. The lowest BCUT2D eigenvalue weighted by Gasteiger charge is -2.32. The molecule has 88 valence electrons. The lowest BCUT2D eigenvalue weighted by Crippen LogP contribution is -2.45. The summed E-state index contributed by atoms with van der Waals surface area (Å²) in [7, 11) is -3.12. The molecule has 0 aromatic heterocycles. The first-order valence-electron chi connectivity index (χ1n) is 5.70. The van der Waals surface area contributed by atoms with Crippen molar-refractivity contribution in [2.24, 2.45) is 17.1 Å². The zero-order valence-corrected chi connectivity index (χ0v) is 10.0. The molecule has 4 nitrogen and oxygen atoms in total. The Balaban J connectivity index is 2.11. The largest absolute Gasteiger partial charge is 0.327 e. The van der Waals surface area contributed by atoms with Gasteiger partial charge in [0.15, 0.2) is 0 Å². The van der Waals surface area contributed by atoms with E-state index in [0.29, 0.717) is 12.5 Å². The van der Waals surface area contributed by atoms with E-state index in [2.05, 4.69) is 4.72 Å². The molecule has 2 rings (SSSR count). The van der Waals surface area contributed by atoms with Crippen LogP contribution in [0.5, 0.6) is 0 Å². The maximum atomic E-state index is 11.7. The highest BCUT2D eigenvalue weighted by Crippen LogP contribution is 2.53. The van der Waals surface area contributed by atoms with Crippen LogP contribution in [0.4, 0.5) is 0 Å². The van der Waals surface area contributed by atoms with E-state index in [4.69, 9.17) is 5.73 Å². The molecule has 0 aromatic carbocycles. The van der Waals surface area contributed by atoms with Crippen LogP contribution in [0, 0.1) is 11.3 Å². The molecule has 5 heteroatoms. The summed E-state index contributed by atoms with van der Waals surface area (Å²) in [6.45, 7) is 2.28. The van der Waals surface area contributed by atoms with E-state index in [1.807, 2.05) is 0 Å². The van der Waals surface area contributed by atoms with E-state index in [0.717, 1.165) is 25.7 Å². The topological polar surface area (TPSA) is 72.2 Å². The minimum atomic E-state index is -3.12. The molecule has 2 aliphatic rings. The number of sulfonamides is 1. The second-order valence-electron chi connectivity index (χ2n) is 5.07. The van der Waals surface area contributed by atoms with Gasteiger partial charge >= 0.3 is 0 Å². The summed E-state index contributed by atoms with van der Waals surface area (Å²) in [5.41, 5.74) is 5.95. The third-order valence-corrected chi connectivity index (χ3v) is 5.64. The Hall–Kier alpha value is -0.130. The van der Waals surface area contributed by atoms with E-state index in [-0.39, 0.29) is 17.2 Å². The van der Waals surface area contributed by atoms with Gasteiger partial charge in [0.2, 0.25) is 10.0 Å². The van der Waals surface area contributed by atoms with E-state index in [1.54, 1.807) is 6.92 Å². The maximum absolute atomic E-state index is 11.7. The normalized spacial score (nSPS) is 39.9. The van der Waals surface area contributed by atoms with Crippen LogP contribution in [-0.2, 0) is 10.0 Å². The molecule has 2 aliphatic carbocycles. The molecule has 2 bridgehead atoms. The fourth-order valence-corrected chi connectivity index (χ4v) is 5.08. The lowest BCUT2D eigenvalue weighted by atomic mass is 9.82. The maximum Gasteiger partial charge on any atom is 0.212 e. The number of nitrogens with two attached hydrogens (primary N) is 1. The minimum Gasteiger partial charge on any atom is -0.327 e. The van der Waals surface area contributed by atoms with Crippen LogP contribution in [-0.4, -0.2) is 26.8 Å². The smallest absolute Gasteiger partial charge is 0.212 e. The first-order valence-corrected chi connectivity index (χ1v) is 7.35. The van der Waals surface area contributed by atoms with E-state index in [1.165, 1.54) is 0 Å². The molecule has 0 spiro atoms. The molecule has 2 saturated carbocycles. The Kier molecular flexibility index (Phi) is 2.81. The highest BCUT2D eigenvalue weighted by Gasteiger charge is 2.52. The predicted molar refractivity (Wildman–Crippen MR) is 59.8 cm³/mol. The summed E-state index contributed by atoms with van der Waals surface area (Å²) in [6.07, 6.45) is 4.18. The second-order valence-corrected chi connectivity index (χ2v) is 6.88. The average molecular weight is 232 g/mol. The van der Waals surface area contributed by atoms with Crippen LogP contribution >= 0.6 is 0 Å². The van der Waals surface area contributed by atoms with Crippen LogP contribution in [0.15, 0.2) is 0 Å². The molecule has 3 N–H and O–H groups in total. The molecule has 2 fully saturated rings. The molecule has 0 aromatic rings. The lowest BCUT2D eigenvalue weighted by molar-refractivity contribution is 0.283. The summed E-state index contributed by atoms with van der Waals surface area (Å²) < 4.78 is 26.1. The van der Waals surface area contributed by atoms with Crippen LogP contribution in [0.1, 0.15) is 32.6 Å². The Morgan fingerprint density at radius 1 is 1.53 bits per heavy atom. The van der Waals surface area contributed by atoms with Crippen molar-refractivity contribution < 1.29 is 8.42 Å². The summed E-state index contributed by atoms with van der Waals surface area (Å²) in [4.78, 5) is 0. The Morgan fingerprint density at radius 3 is 2.73 bits per heavy atom. The molecule has 15 heavy (non-hydrogen) atoms. The molecule has 0 heterocycles. The fraction of sp³-hybridized carbons (Fsp3) is 1.00. The first-order chi connectivity index (χ1) is 6.97. The van der Waals surface area contributed by atoms with E-state index >= 15 is 0 Å². The summed E-state index contributed by atoms with van der Waals surface area (Å²) in [5, 5.41) is 0. The van der Waals surface area contributed by atoms with E-state index in [9.17, 15) is 8.42 Å². The van der Waals surface area contributed by atoms with Crippen LogP contribution in [0.25, 0.3) is 0 Å². The SMILES string of the molecule is CCNS(=O)(=O)CC12CCC(CC1N)C2. The summed E-state index contributed by atoms with van der Waals surface area (Å²) in [5.74, 6) is 0.905. The molecule has 0 radical (unpaired) electrons. The number of rotatable bonds is 4. The van der Waals surface area contributed by atoms with Crippen molar-refractivity contribution in [2.75, 3.05) is 12.3 Å². The summed E-state index contributed by atoms with van der Waals surface area (Å²) in [6, 6.07) is 0.0877. The van der Waals surface area contributed by atoms with Gasteiger partial charge in [-0.1, -0.05) is 6.92 Å². The van der Waals surface area contributed by atoms with Crippen LogP contribution < -0.4 is 10.5 Å². The van der Waals surface area contributed by atoms with Gasteiger partial charge in [0.1, 0.15) is 0 Å². The van der Waals surface area contributed by atoms with Gasteiger partial charge in [-0.25, -0.2) is 13.1 Å². The van der Waals surface area contributed by atoms with Crippen molar-refractivity contribution in [2.45, 2.75) is 38.6 Å². The number of hydrogen-bond donors (Lipinski definition) is 2. The highest BCUT2D eigenvalue weighted by atomic mass is 32.2. The second kappa shape index (κ2) is 3.71. The van der Waals surface area contributed by atoms with Gasteiger partial charge in [0.25, 0.3) is 0 Å². The number of hydrogen-bond acceptors (Lipinski definition) is 3. The monoisotopic (exact) mass is 232 g/mol. The summed E-state index contributed by atoms with van der Waals surface area (Å²) >= 11 is 0. The van der Waals surface area contributed by atoms with Crippen molar-refractivity contribution in [1.29, 1.82) is 0 Å². The van der Waals surface area contributed by atoms with Gasteiger partial charge in [-0.05, 0) is 31.6 Å². The van der Waals surface area contributed by atoms with Crippen molar-refractivity contribution in [3.63, 3.8) is 0 Å². The number of nitrogens with one attached hydrogen (secondary N) is 1. The molecule has 3 atom stereocenters. The van der Waals surface area contributed by atoms with Crippen LogP contribution in [0.3, 0.4) is 0 Å². The van der Waals surface area contributed by atoms with Gasteiger partial charge in [0, 0.05) is 18.0 Å². The van der Waals surface area contributed by atoms with E-state index < -0.39 is 10.0 Å². The van der Waals surface area contributed by atoms with Gasteiger partial charge in [0.05, 0.1) is 5.75 Å². The Morgan fingerprint density at radius 2 is 2.27 bits per heavy atom. The standard InChI is InChI=1S/C10H20N2O2S/c1-2-12-15(13,14)7-10-4-3-8(6-10)5-9(10)11/h8-9,12H,2-7,11H2,1H3. The van der Waals surface area contributed by atoms with Crippen molar-refractivity contribution >= 4 is 10.0 Å². The molecule has 0 amide bonds. The highest BCUT2D eigenvalue weighted by molar-refractivity contribution is 7.89. The van der Waals surface area contributed by atoms with Gasteiger partial charge in [-0.2, -0.15) is 0 Å². The van der Waals surface area contributed by atoms with Crippen molar-refractivity contribution in [3.05, 3.63) is 0 Å². The quantitative estimate of drug-likeness (QED) is 0.739.